The molecular weight excluding hydrogens is 364 g/mol. The third-order valence-electron chi connectivity index (χ3n) is 4.64. The van der Waals surface area contributed by atoms with E-state index in [9.17, 15) is 4.79 Å². The number of nitrogens with zero attached hydrogens (tertiary/aromatic N) is 5. The van der Waals surface area contributed by atoms with Crippen molar-refractivity contribution in [3.63, 3.8) is 0 Å². The van der Waals surface area contributed by atoms with E-state index < -0.39 is 0 Å². The molecule has 0 aliphatic rings. The maximum Gasteiger partial charge on any atom is 0.255 e. The Morgan fingerprint density at radius 3 is 2.89 bits per heavy atom. The lowest BCUT2D eigenvalue weighted by molar-refractivity contribution is 0.0955. The van der Waals surface area contributed by atoms with Gasteiger partial charge in [-0.1, -0.05) is 18.5 Å². The summed E-state index contributed by atoms with van der Waals surface area (Å²) in [6, 6.07) is 9.23. The number of hydrogen-bond acceptors (Lipinski definition) is 4. The second kappa shape index (κ2) is 7.00. The number of benzene rings is 1. The van der Waals surface area contributed by atoms with Crippen molar-refractivity contribution < 1.29 is 4.79 Å². The summed E-state index contributed by atoms with van der Waals surface area (Å²) in [6.45, 7) is 2.48. The Morgan fingerprint density at radius 2 is 2.07 bits per heavy atom. The second-order valence-electron chi connectivity index (χ2n) is 6.31. The Hall–Kier alpha value is -2.93. The first-order valence-electron chi connectivity index (χ1n) is 8.80. The fourth-order valence-electron chi connectivity index (χ4n) is 3.21. The zero-order valence-electron chi connectivity index (χ0n) is 15.1. The first kappa shape index (κ1) is 17.5. The largest absolute Gasteiger partial charge is 0.351 e. The van der Waals surface area contributed by atoms with Gasteiger partial charge in [0.25, 0.3) is 5.91 Å². The number of aryl methyl sites for hydroxylation is 2. The highest BCUT2D eigenvalue weighted by Gasteiger charge is 2.14. The lowest BCUT2D eigenvalue weighted by Crippen LogP contribution is -2.27. The van der Waals surface area contributed by atoms with Gasteiger partial charge in [-0.15, -0.1) is 10.2 Å². The van der Waals surface area contributed by atoms with Crippen molar-refractivity contribution in [3.8, 4) is 0 Å². The molecule has 1 N–H and O–H groups in total. The summed E-state index contributed by atoms with van der Waals surface area (Å²) in [6.07, 6.45) is 3.24. The molecule has 0 unspecified atom stereocenters. The normalized spacial score (nSPS) is 11.4. The Labute approximate surface area is 161 Å². The molecule has 3 aromatic heterocycles. The molecule has 138 valence electrons. The molecule has 0 radical (unpaired) electrons. The van der Waals surface area contributed by atoms with E-state index in [4.69, 9.17) is 11.6 Å². The molecule has 27 heavy (non-hydrogen) atoms. The quantitative estimate of drug-likeness (QED) is 0.575. The van der Waals surface area contributed by atoms with E-state index in [1.54, 1.807) is 6.07 Å². The van der Waals surface area contributed by atoms with Crippen molar-refractivity contribution in [1.29, 1.82) is 0 Å². The summed E-state index contributed by atoms with van der Waals surface area (Å²) >= 11 is 6.03. The zero-order valence-corrected chi connectivity index (χ0v) is 15.9. The van der Waals surface area contributed by atoms with Crippen molar-refractivity contribution >= 4 is 34.2 Å². The summed E-state index contributed by atoms with van der Waals surface area (Å²) in [4.78, 5) is 17.2. The number of rotatable bonds is 5. The van der Waals surface area contributed by atoms with Gasteiger partial charge in [-0.05, 0) is 30.3 Å². The lowest BCUT2D eigenvalue weighted by atomic mass is 10.2. The first-order valence-corrected chi connectivity index (χ1v) is 9.18. The number of aromatic nitrogens is 5. The predicted octanol–water partition coefficient (Wildman–Crippen LogP) is 2.80. The number of halogens is 1. The van der Waals surface area contributed by atoms with Crippen LogP contribution in [0.1, 0.15) is 28.9 Å². The van der Waals surface area contributed by atoms with Gasteiger partial charge in [-0.25, -0.2) is 4.98 Å². The number of carbonyl (C=O) groups excluding carboxylic acids is 1. The van der Waals surface area contributed by atoms with Crippen LogP contribution in [0.5, 0.6) is 0 Å². The third-order valence-corrected chi connectivity index (χ3v) is 4.87. The molecule has 0 fully saturated rings. The number of pyridine rings is 1. The van der Waals surface area contributed by atoms with Crippen LogP contribution in [0.2, 0.25) is 5.02 Å². The standard InChI is InChI=1S/C19H19ClN6O/c1-3-16-23-24-18-13(5-4-10-26(16)18)19(27)21-9-8-17-22-14-11-12(20)6-7-15(14)25(17)2/h4-7,10-11H,3,8-9H2,1-2H3,(H,21,27). The smallest absolute Gasteiger partial charge is 0.255 e. The number of fused-ring (bicyclic) bond motifs is 2. The minimum Gasteiger partial charge on any atom is -0.351 e. The van der Waals surface area contributed by atoms with E-state index in [2.05, 4.69) is 20.5 Å². The molecule has 7 nitrogen and oxygen atoms in total. The molecule has 0 atom stereocenters. The van der Waals surface area contributed by atoms with Crippen molar-refractivity contribution in [2.75, 3.05) is 6.54 Å². The average Bonchev–Trinajstić information content (AvgIpc) is 3.22. The van der Waals surface area contributed by atoms with Crippen molar-refractivity contribution in [1.82, 2.24) is 29.5 Å². The van der Waals surface area contributed by atoms with Crippen LogP contribution < -0.4 is 5.32 Å². The molecule has 4 aromatic rings. The summed E-state index contributed by atoms with van der Waals surface area (Å²) < 4.78 is 3.87. The summed E-state index contributed by atoms with van der Waals surface area (Å²) in [5.74, 6) is 1.55. The van der Waals surface area contributed by atoms with Gasteiger partial charge in [0, 0.05) is 37.7 Å². The van der Waals surface area contributed by atoms with Gasteiger partial charge in [0.15, 0.2) is 5.65 Å². The highest BCUT2D eigenvalue weighted by atomic mass is 35.5. The van der Waals surface area contributed by atoms with Crippen molar-refractivity contribution in [2.45, 2.75) is 19.8 Å². The number of hydrogen-bond donors (Lipinski definition) is 1. The second-order valence-corrected chi connectivity index (χ2v) is 6.75. The van der Waals surface area contributed by atoms with E-state index in [0.717, 1.165) is 29.1 Å². The maximum absolute atomic E-state index is 12.6. The van der Waals surface area contributed by atoms with Crippen molar-refractivity contribution in [3.05, 3.63) is 58.8 Å². The molecule has 0 aliphatic heterocycles. The van der Waals surface area contributed by atoms with E-state index in [0.29, 0.717) is 29.2 Å². The topological polar surface area (TPSA) is 77.1 Å². The SMILES string of the molecule is CCc1nnc2c(C(=O)NCCc3nc4cc(Cl)ccc4n3C)cccn12. The van der Waals surface area contributed by atoms with Gasteiger partial charge in [0.05, 0.1) is 16.6 Å². The molecule has 8 heteroatoms. The molecule has 0 saturated carbocycles. The van der Waals surface area contributed by atoms with Crippen LogP contribution in [0.3, 0.4) is 0 Å². The third kappa shape index (κ3) is 3.14. The van der Waals surface area contributed by atoms with E-state index in [1.807, 2.05) is 53.4 Å². The van der Waals surface area contributed by atoms with Crippen LogP contribution in [0.15, 0.2) is 36.5 Å². The number of amides is 1. The van der Waals surface area contributed by atoms with Gasteiger partial charge in [-0.2, -0.15) is 0 Å². The summed E-state index contributed by atoms with van der Waals surface area (Å²) in [5.41, 5.74) is 2.96. The monoisotopic (exact) mass is 382 g/mol. The van der Waals surface area contributed by atoms with Crippen LogP contribution in [-0.2, 0) is 19.9 Å². The molecule has 0 bridgehead atoms. The Kier molecular flexibility index (Phi) is 4.53. The highest BCUT2D eigenvalue weighted by Crippen LogP contribution is 2.19. The molecule has 1 amide bonds. The maximum atomic E-state index is 12.6. The number of imidazole rings is 1. The van der Waals surface area contributed by atoms with Crippen LogP contribution in [0.4, 0.5) is 0 Å². The minimum absolute atomic E-state index is 0.169. The van der Waals surface area contributed by atoms with Crippen molar-refractivity contribution in [2.24, 2.45) is 7.05 Å². The predicted molar refractivity (Wildman–Crippen MR) is 104 cm³/mol. The van der Waals surface area contributed by atoms with Crippen LogP contribution in [-0.4, -0.2) is 36.6 Å². The fraction of sp³-hybridized carbons (Fsp3) is 0.263. The molecule has 4 rings (SSSR count). The van der Waals surface area contributed by atoms with Crippen LogP contribution >= 0.6 is 11.6 Å². The number of nitrogens with one attached hydrogen (secondary N) is 1. The van der Waals surface area contributed by atoms with E-state index >= 15 is 0 Å². The summed E-state index contributed by atoms with van der Waals surface area (Å²) in [7, 11) is 1.96. The van der Waals surface area contributed by atoms with Gasteiger partial charge >= 0.3 is 0 Å². The molecule has 0 aliphatic carbocycles. The lowest BCUT2D eigenvalue weighted by Gasteiger charge is -2.07. The van der Waals surface area contributed by atoms with E-state index in [-0.39, 0.29) is 5.91 Å². The van der Waals surface area contributed by atoms with Crippen LogP contribution in [0.25, 0.3) is 16.7 Å². The summed E-state index contributed by atoms with van der Waals surface area (Å²) in [5, 5.41) is 11.9. The highest BCUT2D eigenvalue weighted by molar-refractivity contribution is 6.31. The molecule has 0 spiro atoms. The molecule has 3 heterocycles. The minimum atomic E-state index is -0.169. The first-order chi connectivity index (χ1) is 13.1. The van der Waals surface area contributed by atoms with Gasteiger partial charge in [-0.3, -0.25) is 9.20 Å². The van der Waals surface area contributed by atoms with E-state index in [1.165, 1.54) is 0 Å². The molecule has 0 saturated heterocycles. The molecular formula is C19H19ClN6O. The zero-order chi connectivity index (χ0) is 19.0. The Morgan fingerprint density at radius 1 is 1.22 bits per heavy atom. The van der Waals surface area contributed by atoms with Gasteiger partial charge in [0.2, 0.25) is 0 Å². The Balaban J connectivity index is 1.49. The number of carbonyl (C=O) groups is 1. The van der Waals surface area contributed by atoms with Crippen LogP contribution in [0, 0.1) is 0 Å². The fourth-order valence-corrected chi connectivity index (χ4v) is 3.38. The Bertz CT molecular complexity index is 1150. The molecule has 1 aromatic carbocycles. The van der Waals surface area contributed by atoms with Gasteiger partial charge in [0.1, 0.15) is 11.6 Å². The van der Waals surface area contributed by atoms with Gasteiger partial charge < -0.3 is 9.88 Å². The average molecular weight is 383 g/mol.